The summed E-state index contributed by atoms with van der Waals surface area (Å²) in [4.78, 5) is 9.58. The van der Waals surface area contributed by atoms with Gasteiger partial charge in [-0.1, -0.05) is 4.90 Å². The summed E-state index contributed by atoms with van der Waals surface area (Å²) in [5.74, 6) is -0.356. The number of hydrogen-bond donors (Lipinski definition) is 1. The third-order valence-electron chi connectivity index (χ3n) is 0.699. The van der Waals surface area contributed by atoms with Crippen molar-refractivity contribution in [3.05, 3.63) is 21.5 Å². The fourth-order valence-electron chi connectivity index (χ4n) is 0.371. The molecular weight excluding hydrogens is 144 g/mol. The van der Waals surface area contributed by atoms with E-state index in [0.717, 1.165) is 6.20 Å². The van der Waals surface area contributed by atoms with Crippen molar-refractivity contribution in [1.82, 2.24) is 5.16 Å². The number of aromatic nitrogens is 2. The minimum atomic E-state index is -0.888. The van der Waals surface area contributed by atoms with E-state index in [-0.39, 0.29) is 10.7 Å². The van der Waals surface area contributed by atoms with E-state index in [1.807, 2.05) is 0 Å². The molecule has 54 valence electrons. The molecule has 0 unspecified atom stereocenters. The van der Waals surface area contributed by atoms with Gasteiger partial charge in [0.15, 0.2) is 0 Å². The van der Waals surface area contributed by atoms with Gasteiger partial charge in [0.1, 0.15) is 0 Å². The van der Waals surface area contributed by atoms with Crippen molar-refractivity contribution in [3.63, 3.8) is 0 Å². The average molecular weight is 146 g/mol. The van der Waals surface area contributed by atoms with E-state index in [1.54, 1.807) is 5.43 Å². The van der Waals surface area contributed by atoms with Crippen molar-refractivity contribution in [2.45, 2.75) is 0 Å². The van der Waals surface area contributed by atoms with E-state index in [4.69, 9.17) is 0 Å². The lowest BCUT2D eigenvalue weighted by Gasteiger charge is -1.88. The summed E-state index contributed by atoms with van der Waals surface area (Å²) in [6.45, 7) is 0. The molecule has 0 atom stereocenters. The highest BCUT2D eigenvalue weighted by molar-refractivity contribution is 5.17. The predicted octanol–water partition coefficient (Wildman–Crippen LogP) is -1.09. The monoisotopic (exact) mass is 146 g/mol. The highest BCUT2D eigenvalue weighted by Crippen LogP contribution is 1.92. The second kappa shape index (κ2) is 2.17. The van der Waals surface area contributed by atoms with Crippen molar-refractivity contribution >= 4 is 5.82 Å². The molecule has 1 N–H and O–H groups in total. The zero-order chi connectivity index (χ0) is 7.56. The minimum Gasteiger partial charge on any atom is -0.391 e. The van der Waals surface area contributed by atoms with Gasteiger partial charge in [-0.3, -0.25) is 0 Å². The zero-order valence-electron chi connectivity index (χ0n) is 4.55. The van der Waals surface area contributed by atoms with Crippen LogP contribution in [0.1, 0.15) is 0 Å². The van der Waals surface area contributed by atoms with Gasteiger partial charge >= 0.3 is 5.82 Å². The second-order valence-corrected chi connectivity index (χ2v) is 1.33. The van der Waals surface area contributed by atoms with Crippen LogP contribution in [0.2, 0.25) is 0 Å². The lowest BCUT2D eigenvalue weighted by Crippen LogP contribution is -2.29. The Morgan fingerprint density at radius 3 is 3.00 bits per heavy atom. The van der Waals surface area contributed by atoms with Crippen LogP contribution >= 0.6 is 0 Å². The topological polar surface area (TPSA) is 108 Å². The summed E-state index contributed by atoms with van der Waals surface area (Å²) in [5.41, 5.74) is 1.57. The molecule has 0 bridgehead atoms. The fourth-order valence-corrected chi connectivity index (χ4v) is 0.371. The molecule has 1 aromatic rings. The van der Waals surface area contributed by atoms with Crippen molar-refractivity contribution in [2.24, 2.45) is 0 Å². The van der Waals surface area contributed by atoms with E-state index < -0.39 is 5.03 Å². The van der Waals surface area contributed by atoms with Crippen LogP contribution in [0, 0.1) is 15.3 Å². The Hall–Kier alpha value is -1.86. The average Bonchev–Trinajstić information content (AvgIpc) is 2.15. The molecule has 1 aromatic heterocycles. The summed E-state index contributed by atoms with van der Waals surface area (Å²) in [5, 5.41) is 22.1. The Balaban J connectivity index is 2.74. The van der Waals surface area contributed by atoms with Crippen LogP contribution in [0.25, 0.3) is 0 Å². The minimum absolute atomic E-state index is 0.108. The molecular formula is C2H2N4O4. The number of nitrogens with one attached hydrogen (secondary N) is 1. The fraction of sp³-hybridized carbons (Fsp3) is 0. The molecule has 0 fully saturated rings. The number of nitrogens with zero attached hydrogens (tertiary/aromatic N) is 3. The third-order valence-corrected chi connectivity index (χ3v) is 0.699. The number of hydrazine groups is 1. The standard InChI is InChI=1S/C2H2N4O4/c7-5-2(1-3-10-5)4-6(8)9/h1,4H. The van der Waals surface area contributed by atoms with Crippen LogP contribution in [0.15, 0.2) is 10.8 Å². The Morgan fingerprint density at radius 2 is 2.60 bits per heavy atom. The summed E-state index contributed by atoms with van der Waals surface area (Å²) in [6, 6.07) is 0. The summed E-state index contributed by atoms with van der Waals surface area (Å²) in [7, 11) is 0. The van der Waals surface area contributed by atoms with Gasteiger partial charge in [0.2, 0.25) is 11.2 Å². The molecule has 0 saturated carbocycles. The lowest BCUT2D eigenvalue weighted by atomic mass is 10.8. The SMILES string of the molecule is O=[N+]([O-])Nc1cno[n+]1[O-]. The smallest absolute Gasteiger partial charge is 0.357 e. The van der Waals surface area contributed by atoms with Gasteiger partial charge in [-0.25, -0.2) is 10.1 Å². The first kappa shape index (κ1) is 6.26. The Labute approximate surface area is 53.7 Å². The molecule has 0 aromatic carbocycles. The van der Waals surface area contributed by atoms with Crippen LogP contribution in [0.5, 0.6) is 0 Å². The Kier molecular flexibility index (Phi) is 1.36. The van der Waals surface area contributed by atoms with Crippen LogP contribution in [-0.2, 0) is 0 Å². The van der Waals surface area contributed by atoms with Crippen LogP contribution < -0.4 is 10.3 Å². The molecule has 0 aliphatic heterocycles. The quantitative estimate of drug-likeness (QED) is 0.322. The highest BCUT2D eigenvalue weighted by Gasteiger charge is 2.11. The van der Waals surface area contributed by atoms with Crippen molar-refractivity contribution in [1.29, 1.82) is 0 Å². The van der Waals surface area contributed by atoms with E-state index in [9.17, 15) is 15.3 Å². The van der Waals surface area contributed by atoms with Crippen molar-refractivity contribution in [2.75, 3.05) is 5.43 Å². The van der Waals surface area contributed by atoms with E-state index in [2.05, 4.69) is 9.79 Å². The first-order valence-corrected chi connectivity index (χ1v) is 2.16. The normalized spacial score (nSPS) is 9.20. The van der Waals surface area contributed by atoms with Crippen LogP contribution in [-0.4, -0.2) is 10.2 Å². The van der Waals surface area contributed by atoms with Gasteiger partial charge in [-0.05, 0) is 10.6 Å². The summed E-state index contributed by atoms with van der Waals surface area (Å²) in [6.07, 6.45) is 0.899. The molecule has 0 spiro atoms. The first-order chi connectivity index (χ1) is 4.70. The number of nitro groups is 1. The molecule has 0 aliphatic rings. The largest absolute Gasteiger partial charge is 0.391 e. The molecule has 0 saturated heterocycles. The lowest BCUT2D eigenvalue weighted by molar-refractivity contribution is -0.794. The Morgan fingerprint density at radius 1 is 1.90 bits per heavy atom. The molecule has 10 heavy (non-hydrogen) atoms. The highest BCUT2D eigenvalue weighted by atomic mass is 16.8. The van der Waals surface area contributed by atoms with Gasteiger partial charge in [0, 0.05) is 0 Å². The van der Waals surface area contributed by atoms with Crippen LogP contribution in [0.3, 0.4) is 0 Å². The molecule has 0 aliphatic carbocycles. The molecule has 8 nitrogen and oxygen atoms in total. The first-order valence-electron chi connectivity index (χ1n) is 2.16. The molecule has 0 radical (unpaired) electrons. The number of anilines is 1. The van der Waals surface area contributed by atoms with E-state index >= 15 is 0 Å². The van der Waals surface area contributed by atoms with E-state index in [1.165, 1.54) is 0 Å². The molecule has 0 amide bonds. The van der Waals surface area contributed by atoms with Crippen molar-refractivity contribution in [3.8, 4) is 0 Å². The van der Waals surface area contributed by atoms with Crippen LogP contribution in [0.4, 0.5) is 5.82 Å². The zero-order valence-corrected chi connectivity index (χ0v) is 4.55. The maximum absolute atomic E-state index is 10.3. The molecule has 1 rings (SSSR count). The van der Waals surface area contributed by atoms with Gasteiger partial charge in [-0.2, -0.15) is 0 Å². The molecule has 1 heterocycles. The van der Waals surface area contributed by atoms with E-state index in [0.29, 0.717) is 0 Å². The van der Waals surface area contributed by atoms with Gasteiger partial charge in [0.25, 0.3) is 0 Å². The molecule has 8 heteroatoms. The summed E-state index contributed by atoms with van der Waals surface area (Å²) < 4.78 is 3.91. The van der Waals surface area contributed by atoms with Crippen molar-refractivity contribution < 1.29 is 14.6 Å². The predicted molar refractivity (Wildman–Crippen MR) is 26.1 cm³/mol. The number of rotatable bonds is 2. The maximum atomic E-state index is 10.3. The van der Waals surface area contributed by atoms with Gasteiger partial charge < -0.3 is 9.84 Å². The second-order valence-electron chi connectivity index (χ2n) is 1.33. The summed E-state index contributed by atoms with van der Waals surface area (Å²) >= 11 is 0. The number of hydrogen-bond acceptors (Lipinski definition) is 5. The maximum Gasteiger partial charge on any atom is 0.357 e. The third kappa shape index (κ3) is 1.10. The van der Waals surface area contributed by atoms with Gasteiger partial charge in [0.05, 0.1) is 0 Å². The Bertz CT molecular complexity index is 243. The van der Waals surface area contributed by atoms with Gasteiger partial charge in [-0.15, -0.1) is 0 Å².